The van der Waals surface area contributed by atoms with Gasteiger partial charge in [0.2, 0.25) is 0 Å². The molecule has 0 fully saturated rings. The number of carbonyl (C=O) groups excluding carboxylic acids is 1. The average molecular weight is 276 g/mol. The first-order valence-electron chi connectivity index (χ1n) is 7.46. The number of Topliss-reactive ketones (excluding diaryl/α,β-unsaturated/α-hetero) is 1. The van der Waals surface area contributed by atoms with Crippen molar-refractivity contribution in [2.45, 2.75) is 45.7 Å². The highest BCUT2D eigenvalue weighted by atomic mass is 16.5. The molecule has 0 saturated carbocycles. The highest BCUT2D eigenvalue weighted by Crippen LogP contribution is 2.28. The summed E-state index contributed by atoms with van der Waals surface area (Å²) in [6.07, 6.45) is 1.81. The molecule has 0 aliphatic carbocycles. The van der Waals surface area contributed by atoms with Gasteiger partial charge in [0.25, 0.3) is 0 Å². The third kappa shape index (κ3) is 3.31. The summed E-state index contributed by atoms with van der Waals surface area (Å²) in [5.41, 5.74) is 1.66. The molecule has 2 atom stereocenters. The number of hydrogen-bond donors (Lipinski definition) is 2. The number of benzene rings is 1. The van der Waals surface area contributed by atoms with Crippen LogP contribution in [0.4, 0.5) is 5.69 Å². The number of anilines is 1. The second-order valence-corrected chi connectivity index (χ2v) is 5.29. The molecule has 4 nitrogen and oxygen atoms in total. The molecule has 0 spiro atoms. The van der Waals surface area contributed by atoms with Gasteiger partial charge in [0.1, 0.15) is 12.4 Å². The second-order valence-electron chi connectivity index (χ2n) is 5.29. The van der Waals surface area contributed by atoms with Gasteiger partial charge in [-0.25, -0.2) is 0 Å². The molecule has 2 N–H and O–H groups in total. The van der Waals surface area contributed by atoms with E-state index in [4.69, 9.17) is 4.74 Å². The van der Waals surface area contributed by atoms with Gasteiger partial charge < -0.3 is 15.4 Å². The highest BCUT2D eigenvalue weighted by Gasteiger charge is 2.21. The van der Waals surface area contributed by atoms with Gasteiger partial charge in [-0.1, -0.05) is 13.8 Å². The van der Waals surface area contributed by atoms with Gasteiger partial charge in [0.15, 0.2) is 5.78 Å². The van der Waals surface area contributed by atoms with E-state index in [1.807, 2.05) is 25.1 Å². The Hall–Kier alpha value is -1.55. The molecule has 0 radical (unpaired) electrons. The lowest BCUT2D eigenvalue weighted by atomic mass is 10.00. The number of nitrogens with one attached hydrogen (secondary N) is 2. The molecule has 4 heteroatoms. The standard InChI is InChI=1S/C16H24N2O2/c1-4-11(3)18-13(5-2)16(19)12-6-7-15-14(10-12)17-8-9-20-15/h6-7,10-11,13,17-18H,4-5,8-9H2,1-3H3. The van der Waals surface area contributed by atoms with Crippen LogP contribution in [-0.4, -0.2) is 31.0 Å². The first kappa shape index (κ1) is 14.9. The summed E-state index contributed by atoms with van der Waals surface area (Å²) >= 11 is 0. The molecule has 0 amide bonds. The van der Waals surface area contributed by atoms with E-state index >= 15 is 0 Å². The zero-order valence-electron chi connectivity index (χ0n) is 12.5. The fraction of sp³-hybridized carbons (Fsp3) is 0.562. The Balaban J connectivity index is 2.14. The van der Waals surface area contributed by atoms with Gasteiger partial charge >= 0.3 is 0 Å². The van der Waals surface area contributed by atoms with Crippen LogP contribution in [0.2, 0.25) is 0 Å². The Morgan fingerprint density at radius 2 is 2.20 bits per heavy atom. The minimum absolute atomic E-state index is 0.118. The molecule has 0 saturated heterocycles. The lowest BCUT2D eigenvalue weighted by Gasteiger charge is -2.22. The topological polar surface area (TPSA) is 50.4 Å². The van der Waals surface area contributed by atoms with Crippen molar-refractivity contribution in [2.24, 2.45) is 0 Å². The molecule has 110 valence electrons. The van der Waals surface area contributed by atoms with E-state index in [9.17, 15) is 4.79 Å². The zero-order chi connectivity index (χ0) is 14.5. The first-order chi connectivity index (χ1) is 9.65. The van der Waals surface area contributed by atoms with Crippen LogP contribution in [0, 0.1) is 0 Å². The minimum Gasteiger partial charge on any atom is -0.490 e. The molecule has 1 heterocycles. The largest absolute Gasteiger partial charge is 0.490 e. The third-order valence-corrected chi connectivity index (χ3v) is 3.76. The molecule has 1 aliphatic rings. The molecule has 1 aromatic rings. The van der Waals surface area contributed by atoms with Crippen molar-refractivity contribution in [2.75, 3.05) is 18.5 Å². The lowest BCUT2D eigenvalue weighted by molar-refractivity contribution is 0.0934. The summed E-state index contributed by atoms with van der Waals surface area (Å²) in [7, 11) is 0. The van der Waals surface area contributed by atoms with E-state index < -0.39 is 0 Å². The van der Waals surface area contributed by atoms with Crippen LogP contribution in [0.25, 0.3) is 0 Å². The molecular weight excluding hydrogens is 252 g/mol. The van der Waals surface area contributed by atoms with Crippen LogP contribution < -0.4 is 15.4 Å². The molecule has 2 unspecified atom stereocenters. The van der Waals surface area contributed by atoms with Crippen molar-refractivity contribution < 1.29 is 9.53 Å². The quantitative estimate of drug-likeness (QED) is 0.784. The SMILES string of the molecule is CCC(C)NC(CC)C(=O)c1ccc2c(c1)NCCO2. The number of fused-ring (bicyclic) bond motifs is 1. The van der Waals surface area contributed by atoms with Crippen molar-refractivity contribution in [3.8, 4) is 5.75 Å². The van der Waals surface area contributed by atoms with E-state index in [1.165, 1.54) is 0 Å². The van der Waals surface area contributed by atoms with Crippen LogP contribution in [0.3, 0.4) is 0 Å². The van der Waals surface area contributed by atoms with Gasteiger partial charge in [-0.05, 0) is 38.0 Å². The summed E-state index contributed by atoms with van der Waals surface area (Å²) in [5, 5.41) is 6.66. The fourth-order valence-electron chi connectivity index (χ4n) is 2.34. The van der Waals surface area contributed by atoms with Gasteiger partial charge in [0, 0.05) is 18.2 Å². The first-order valence-corrected chi connectivity index (χ1v) is 7.46. The summed E-state index contributed by atoms with van der Waals surface area (Å²) in [6.45, 7) is 7.73. The van der Waals surface area contributed by atoms with Gasteiger partial charge in [0.05, 0.1) is 11.7 Å². The molecular formula is C16H24N2O2. The number of ketones is 1. The van der Waals surface area contributed by atoms with Gasteiger partial charge in [-0.15, -0.1) is 0 Å². The molecule has 0 bridgehead atoms. The maximum Gasteiger partial charge on any atom is 0.179 e. The molecule has 2 rings (SSSR count). The van der Waals surface area contributed by atoms with Crippen LogP contribution in [0.1, 0.15) is 44.0 Å². The van der Waals surface area contributed by atoms with Gasteiger partial charge in [-0.3, -0.25) is 4.79 Å². The molecule has 1 aliphatic heterocycles. The number of ether oxygens (including phenoxy) is 1. The maximum atomic E-state index is 12.6. The minimum atomic E-state index is -0.118. The molecule has 20 heavy (non-hydrogen) atoms. The highest BCUT2D eigenvalue weighted by molar-refractivity contribution is 6.01. The summed E-state index contributed by atoms with van der Waals surface area (Å²) in [6, 6.07) is 5.87. The van der Waals surface area contributed by atoms with Crippen molar-refractivity contribution >= 4 is 11.5 Å². The predicted octanol–water partition coefficient (Wildman–Crippen LogP) is 2.84. The van der Waals surface area contributed by atoms with Crippen molar-refractivity contribution in [3.63, 3.8) is 0 Å². The van der Waals surface area contributed by atoms with E-state index in [1.54, 1.807) is 0 Å². The maximum absolute atomic E-state index is 12.6. The van der Waals surface area contributed by atoms with Crippen LogP contribution in [0.5, 0.6) is 5.75 Å². The summed E-state index contributed by atoms with van der Waals surface area (Å²) in [5.74, 6) is 0.985. The smallest absolute Gasteiger partial charge is 0.179 e. The van der Waals surface area contributed by atoms with E-state index in [2.05, 4.69) is 24.5 Å². The fourth-order valence-corrected chi connectivity index (χ4v) is 2.34. The van der Waals surface area contributed by atoms with Gasteiger partial charge in [-0.2, -0.15) is 0 Å². The lowest BCUT2D eigenvalue weighted by Crippen LogP contribution is -2.41. The average Bonchev–Trinajstić information content (AvgIpc) is 2.51. The van der Waals surface area contributed by atoms with E-state index in [0.717, 1.165) is 36.4 Å². The normalized spacial score (nSPS) is 16.6. The van der Waals surface area contributed by atoms with Crippen molar-refractivity contribution in [3.05, 3.63) is 23.8 Å². The predicted molar refractivity (Wildman–Crippen MR) is 81.7 cm³/mol. The van der Waals surface area contributed by atoms with Crippen LogP contribution >= 0.6 is 0 Å². The van der Waals surface area contributed by atoms with E-state index in [-0.39, 0.29) is 11.8 Å². The number of rotatable bonds is 6. The second kappa shape index (κ2) is 6.75. The van der Waals surface area contributed by atoms with Crippen LogP contribution in [0.15, 0.2) is 18.2 Å². The Labute approximate surface area is 120 Å². The Morgan fingerprint density at radius 1 is 1.40 bits per heavy atom. The third-order valence-electron chi connectivity index (χ3n) is 3.76. The van der Waals surface area contributed by atoms with Crippen molar-refractivity contribution in [1.82, 2.24) is 5.32 Å². The molecule has 1 aromatic carbocycles. The monoisotopic (exact) mass is 276 g/mol. The summed E-state index contributed by atoms with van der Waals surface area (Å²) < 4.78 is 5.54. The van der Waals surface area contributed by atoms with Crippen molar-refractivity contribution in [1.29, 1.82) is 0 Å². The molecule has 0 aromatic heterocycles. The Kier molecular flexibility index (Phi) is 5.01. The van der Waals surface area contributed by atoms with Crippen LogP contribution in [-0.2, 0) is 0 Å². The summed E-state index contributed by atoms with van der Waals surface area (Å²) in [4.78, 5) is 12.6. The zero-order valence-corrected chi connectivity index (χ0v) is 12.5. The Bertz CT molecular complexity index is 474. The number of hydrogen-bond acceptors (Lipinski definition) is 4. The number of carbonyl (C=O) groups is 1. The Morgan fingerprint density at radius 3 is 2.90 bits per heavy atom. The van der Waals surface area contributed by atoms with E-state index in [0.29, 0.717) is 12.6 Å².